The van der Waals surface area contributed by atoms with Gasteiger partial charge in [-0.15, -0.1) is 0 Å². The van der Waals surface area contributed by atoms with Crippen LogP contribution in [0.5, 0.6) is 0 Å². The van der Waals surface area contributed by atoms with Crippen molar-refractivity contribution in [2.45, 2.75) is 44.7 Å². The van der Waals surface area contributed by atoms with E-state index in [4.69, 9.17) is 0 Å². The summed E-state index contributed by atoms with van der Waals surface area (Å²) in [6.45, 7) is 7.88. The Kier molecular flexibility index (Phi) is 5.16. The Morgan fingerprint density at radius 1 is 1.11 bits per heavy atom. The van der Waals surface area contributed by atoms with Crippen LogP contribution in [0.25, 0.3) is 11.1 Å². The molecule has 148 valence electrons. The quantitative estimate of drug-likeness (QED) is 0.839. The van der Waals surface area contributed by atoms with Crippen LogP contribution < -0.4 is 4.72 Å². The number of rotatable bonds is 5. The summed E-state index contributed by atoms with van der Waals surface area (Å²) in [5.41, 5.74) is 2.72. The van der Waals surface area contributed by atoms with Gasteiger partial charge >= 0.3 is 0 Å². The van der Waals surface area contributed by atoms with Gasteiger partial charge in [0.15, 0.2) is 0 Å². The van der Waals surface area contributed by atoms with Crippen LogP contribution in [0.1, 0.15) is 31.9 Å². The Hall–Kier alpha value is -2.51. The number of hydrogen-bond acceptors (Lipinski definition) is 4. The maximum absolute atomic E-state index is 12.6. The van der Waals surface area contributed by atoms with E-state index in [0.717, 1.165) is 16.7 Å². The Bertz CT molecular complexity index is 1070. The third kappa shape index (κ3) is 3.59. The van der Waals surface area contributed by atoms with Gasteiger partial charge in [0, 0.05) is 5.56 Å². The van der Waals surface area contributed by atoms with E-state index in [1.165, 1.54) is 7.05 Å². The molecule has 28 heavy (non-hydrogen) atoms. The molecule has 0 aliphatic carbocycles. The summed E-state index contributed by atoms with van der Waals surface area (Å²) in [6.07, 6.45) is 0. The predicted octanol–water partition coefficient (Wildman–Crippen LogP) is 3.11. The van der Waals surface area contributed by atoms with Crippen molar-refractivity contribution in [3.63, 3.8) is 0 Å². The molecule has 0 saturated heterocycles. The highest BCUT2D eigenvalue weighted by Gasteiger charge is 2.39. The highest BCUT2D eigenvalue weighted by atomic mass is 32.2. The number of hydrogen-bond donors (Lipinski definition) is 1. The molecular weight excluding hydrogens is 374 g/mol. The van der Waals surface area contributed by atoms with Crippen molar-refractivity contribution in [1.29, 1.82) is 0 Å². The molecule has 2 aromatic rings. The minimum atomic E-state index is -3.56. The lowest BCUT2D eigenvalue weighted by atomic mass is 9.99. The van der Waals surface area contributed by atoms with Crippen molar-refractivity contribution in [2.24, 2.45) is 4.99 Å². The minimum Gasteiger partial charge on any atom is -0.294 e. The largest absolute Gasteiger partial charge is 0.294 e. The first-order valence-electron chi connectivity index (χ1n) is 9.08. The van der Waals surface area contributed by atoms with E-state index >= 15 is 0 Å². The average Bonchev–Trinajstić information content (AvgIpc) is 2.84. The van der Waals surface area contributed by atoms with Crippen LogP contribution in [0.2, 0.25) is 0 Å². The van der Waals surface area contributed by atoms with Crippen molar-refractivity contribution in [3.05, 3.63) is 53.6 Å². The molecule has 2 aromatic carbocycles. The molecule has 7 heteroatoms. The molecule has 1 aliphatic heterocycles. The molecule has 6 nitrogen and oxygen atoms in total. The molecule has 3 rings (SSSR count). The standard InChI is InChI=1S/C21H25N3O3S/c1-14-12-16(18-8-6-7-9-19(18)28(26,27)22-5)10-11-17(14)13-24-15(2)23-21(3,4)20(24)25/h6-12,22H,13H2,1-5H3. The molecule has 0 radical (unpaired) electrons. The molecule has 0 aromatic heterocycles. The topological polar surface area (TPSA) is 78.8 Å². The van der Waals surface area contributed by atoms with Gasteiger partial charge < -0.3 is 0 Å². The molecule has 0 atom stereocenters. The SMILES string of the molecule is CNS(=O)(=O)c1ccccc1-c1ccc(CN2C(=O)C(C)(C)N=C2C)c(C)c1. The fourth-order valence-corrected chi connectivity index (χ4v) is 4.39. The second-order valence-corrected chi connectivity index (χ2v) is 9.31. The summed E-state index contributed by atoms with van der Waals surface area (Å²) in [5, 5.41) is 0. The highest BCUT2D eigenvalue weighted by Crippen LogP contribution is 2.30. The second kappa shape index (κ2) is 7.14. The number of nitrogens with one attached hydrogen (secondary N) is 1. The minimum absolute atomic E-state index is 0.0149. The number of sulfonamides is 1. The molecule has 1 heterocycles. The van der Waals surface area contributed by atoms with E-state index < -0.39 is 15.6 Å². The van der Waals surface area contributed by atoms with Gasteiger partial charge in [0.25, 0.3) is 5.91 Å². The first-order chi connectivity index (χ1) is 13.1. The Morgan fingerprint density at radius 2 is 1.79 bits per heavy atom. The molecule has 1 aliphatic rings. The second-order valence-electron chi connectivity index (χ2n) is 7.45. The number of carbonyl (C=O) groups excluding carboxylic acids is 1. The molecular formula is C21H25N3O3S. The van der Waals surface area contributed by atoms with Crippen LogP contribution in [0, 0.1) is 6.92 Å². The average molecular weight is 400 g/mol. The lowest BCUT2D eigenvalue weighted by Crippen LogP contribution is -2.38. The zero-order valence-electron chi connectivity index (χ0n) is 16.8. The van der Waals surface area contributed by atoms with E-state index in [1.807, 2.05) is 52.0 Å². The third-order valence-electron chi connectivity index (χ3n) is 5.03. The molecule has 0 saturated carbocycles. The van der Waals surface area contributed by atoms with E-state index in [2.05, 4.69) is 9.71 Å². The number of carbonyl (C=O) groups is 1. The van der Waals surface area contributed by atoms with Crippen LogP contribution in [0.15, 0.2) is 52.4 Å². The number of nitrogens with zero attached hydrogens (tertiary/aromatic N) is 2. The summed E-state index contributed by atoms with van der Waals surface area (Å²) in [7, 11) is -2.16. The Morgan fingerprint density at radius 3 is 2.36 bits per heavy atom. The van der Waals surface area contributed by atoms with Gasteiger partial charge in [-0.25, -0.2) is 13.1 Å². The first-order valence-corrected chi connectivity index (χ1v) is 10.6. The van der Waals surface area contributed by atoms with E-state index in [9.17, 15) is 13.2 Å². The van der Waals surface area contributed by atoms with Crippen molar-refractivity contribution in [1.82, 2.24) is 9.62 Å². The summed E-state index contributed by atoms with van der Waals surface area (Å²) in [5.74, 6) is 0.697. The normalized spacial score (nSPS) is 16.4. The van der Waals surface area contributed by atoms with Crippen molar-refractivity contribution in [3.8, 4) is 11.1 Å². The molecule has 0 unspecified atom stereocenters. The molecule has 0 fully saturated rings. The lowest BCUT2D eigenvalue weighted by Gasteiger charge is -2.21. The van der Waals surface area contributed by atoms with Gasteiger partial charge in [0.2, 0.25) is 10.0 Å². The zero-order valence-corrected chi connectivity index (χ0v) is 17.6. The number of amides is 1. The summed E-state index contributed by atoms with van der Waals surface area (Å²) in [6, 6.07) is 12.7. The van der Waals surface area contributed by atoms with E-state index in [-0.39, 0.29) is 10.8 Å². The van der Waals surface area contributed by atoms with Crippen molar-refractivity contribution >= 4 is 21.8 Å². The molecule has 1 amide bonds. The summed E-state index contributed by atoms with van der Waals surface area (Å²) < 4.78 is 27.1. The van der Waals surface area contributed by atoms with Crippen LogP contribution in [0.3, 0.4) is 0 Å². The monoisotopic (exact) mass is 399 g/mol. The number of aliphatic imine (C=N–C) groups is 1. The van der Waals surface area contributed by atoms with Crippen molar-refractivity contribution in [2.75, 3.05) is 7.05 Å². The van der Waals surface area contributed by atoms with Gasteiger partial charge in [-0.3, -0.25) is 14.7 Å². The van der Waals surface area contributed by atoms with Crippen LogP contribution >= 0.6 is 0 Å². The molecule has 0 spiro atoms. The zero-order chi connectivity index (χ0) is 20.7. The van der Waals surface area contributed by atoms with E-state index in [0.29, 0.717) is 17.9 Å². The maximum Gasteiger partial charge on any atom is 0.255 e. The van der Waals surface area contributed by atoms with Gasteiger partial charge in [-0.1, -0.05) is 36.4 Å². The fraction of sp³-hybridized carbons (Fsp3) is 0.333. The summed E-state index contributed by atoms with van der Waals surface area (Å²) >= 11 is 0. The Balaban J connectivity index is 1.95. The smallest absolute Gasteiger partial charge is 0.255 e. The Labute approximate surface area is 166 Å². The fourth-order valence-electron chi connectivity index (χ4n) is 3.44. The highest BCUT2D eigenvalue weighted by molar-refractivity contribution is 7.89. The van der Waals surface area contributed by atoms with E-state index in [1.54, 1.807) is 23.1 Å². The predicted molar refractivity (Wildman–Crippen MR) is 111 cm³/mol. The number of aryl methyl sites for hydroxylation is 1. The lowest BCUT2D eigenvalue weighted by molar-refractivity contribution is -0.130. The van der Waals surface area contributed by atoms with Crippen LogP contribution in [0.4, 0.5) is 0 Å². The first kappa shape index (κ1) is 20.2. The van der Waals surface area contributed by atoms with Crippen LogP contribution in [-0.2, 0) is 21.4 Å². The third-order valence-corrected chi connectivity index (χ3v) is 6.50. The van der Waals surface area contributed by atoms with Gasteiger partial charge in [0.05, 0.1) is 11.4 Å². The van der Waals surface area contributed by atoms with Crippen LogP contribution in [-0.4, -0.2) is 37.6 Å². The van der Waals surface area contributed by atoms with Gasteiger partial charge in [0.1, 0.15) is 11.4 Å². The molecule has 0 bridgehead atoms. The number of amidine groups is 1. The maximum atomic E-state index is 12.6. The van der Waals surface area contributed by atoms with Gasteiger partial charge in [-0.05, 0) is 57.5 Å². The van der Waals surface area contributed by atoms with Gasteiger partial charge in [-0.2, -0.15) is 0 Å². The number of benzene rings is 2. The molecule has 1 N–H and O–H groups in total. The summed E-state index contributed by atoms with van der Waals surface area (Å²) in [4.78, 5) is 18.9. The van der Waals surface area contributed by atoms with Crippen molar-refractivity contribution < 1.29 is 13.2 Å².